The summed E-state index contributed by atoms with van der Waals surface area (Å²) >= 11 is 5.99. The van der Waals surface area contributed by atoms with E-state index in [2.05, 4.69) is 5.32 Å². The number of benzene rings is 1. The van der Waals surface area contributed by atoms with E-state index in [4.69, 9.17) is 21.4 Å². The molecule has 0 heterocycles. The molecule has 104 valence electrons. The van der Waals surface area contributed by atoms with Crippen molar-refractivity contribution < 1.29 is 14.6 Å². The predicted molar refractivity (Wildman–Crippen MR) is 73.3 cm³/mol. The lowest BCUT2D eigenvalue weighted by Gasteiger charge is -2.13. The monoisotopic (exact) mass is 283 g/mol. The fourth-order valence-corrected chi connectivity index (χ4v) is 2.50. The molecule has 0 saturated heterocycles. The number of hydrogen-bond acceptors (Lipinski definition) is 3. The second-order valence-corrected chi connectivity index (χ2v) is 5.17. The Morgan fingerprint density at radius 1 is 1.42 bits per heavy atom. The zero-order chi connectivity index (χ0) is 13.7. The van der Waals surface area contributed by atoms with Gasteiger partial charge in [-0.15, -0.1) is 0 Å². The Balaban J connectivity index is 1.82. The highest BCUT2D eigenvalue weighted by Gasteiger charge is 2.17. The Hall–Kier alpha value is -1.26. The number of aliphatic hydroxyl groups is 1. The zero-order valence-electron chi connectivity index (χ0n) is 10.7. The lowest BCUT2D eigenvalue weighted by molar-refractivity contribution is -0.123. The van der Waals surface area contributed by atoms with Crippen LogP contribution in [0.3, 0.4) is 0 Å². The van der Waals surface area contributed by atoms with Crippen LogP contribution in [0.25, 0.3) is 0 Å². The van der Waals surface area contributed by atoms with Gasteiger partial charge in [0.05, 0.1) is 11.6 Å². The molecule has 0 radical (unpaired) electrons. The lowest BCUT2D eigenvalue weighted by Crippen LogP contribution is -2.36. The van der Waals surface area contributed by atoms with E-state index in [-0.39, 0.29) is 19.1 Å². The summed E-state index contributed by atoms with van der Waals surface area (Å²) in [6.45, 7) is -0.100. The van der Waals surface area contributed by atoms with Gasteiger partial charge in [0.25, 0.3) is 5.91 Å². The van der Waals surface area contributed by atoms with Gasteiger partial charge in [-0.3, -0.25) is 4.79 Å². The highest BCUT2D eigenvalue weighted by molar-refractivity contribution is 6.32. The molecule has 1 aliphatic rings. The highest BCUT2D eigenvalue weighted by Crippen LogP contribution is 2.25. The molecule has 1 aliphatic carbocycles. The van der Waals surface area contributed by atoms with Crippen molar-refractivity contribution in [2.75, 3.05) is 6.61 Å². The van der Waals surface area contributed by atoms with E-state index in [1.807, 2.05) is 0 Å². The average Bonchev–Trinajstić information content (AvgIpc) is 2.90. The Morgan fingerprint density at radius 2 is 2.16 bits per heavy atom. The Labute approximate surface area is 117 Å². The molecule has 19 heavy (non-hydrogen) atoms. The molecule has 5 heteroatoms. The maximum Gasteiger partial charge on any atom is 0.258 e. The Morgan fingerprint density at radius 3 is 2.79 bits per heavy atom. The molecule has 0 spiro atoms. The number of hydrogen-bond donors (Lipinski definition) is 2. The van der Waals surface area contributed by atoms with E-state index >= 15 is 0 Å². The molecule has 1 aromatic rings. The smallest absolute Gasteiger partial charge is 0.258 e. The summed E-state index contributed by atoms with van der Waals surface area (Å²) in [6, 6.07) is 5.31. The van der Waals surface area contributed by atoms with Gasteiger partial charge in [-0.2, -0.15) is 0 Å². The molecule has 0 aromatic heterocycles. The molecule has 1 aromatic carbocycles. The third-order valence-corrected chi connectivity index (χ3v) is 3.55. The fraction of sp³-hybridized carbons (Fsp3) is 0.500. The summed E-state index contributed by atoms with van der Waals surface area (Å²) in [7, 11) is 0. The quantitative estimate of drug-likeness (QED) is 0.871. The van der Waals surface area contributed by atoms with Gasteiger partial charge >= 0.3 is 0 Å². The SMILES string of the molecule is O=C(COc1ccc(CO)cc1Cl)NC1CCCC1. The minimum Gasteiger partial charge on any atom is -0.482 e. The van der Waals surface area contributed by atoms with Crippen molar-refractivity contribution in [3.05, 3.63) is 28.8 Å². The van der Waals surface area contributed by atoms with Crippen LogP contribution in [-0.4, -0.2) is 23.7 Å². The lowest BCUT2D eigenvalue weighted by atomic mass is 10.2. The molecule has 4 nitrogen and oxygen atoms in total. The first-order chi connectivity index (χ1) is 9.19. The van der Waals surface area contributed by atoms with Crippen LogP contribution in [0.5, 0.6) is 5.75 Å². The number of carbonyl (C=O) groups is 1. The second-order valence-electron chi connectivity index (χ2n) is 4.76. The number of aliphatic hydroxyl groups excluding tert-OH is 1. The molecule has 0 unspecified atom stereocenters. The molecular weight excluding hydrogens is 266 g/mol. The van der Waals surface area contributed by atoms with Crippen molar-refractivity contribution in [1.82, 2.24) is 5.32 Å². The normalized spacial score (nSPS) is 15.5. The molecular formula is C14H18ClNO3. The zero-order valence-corrected chi connectivity index (χ0v) is 11.4. The van der Waals surface area contributed by atoms with Crippen molar-refractivity contribution >= 4 is 17.5 Å². The highest BCUT2D eigenvalue weighted by atomic mass is 35.5. The van der Waals surface area contributed by atoms with Gasteiger partial charge in [-0.1, -0.05) is 30.5 Å². The van der Waals surface area contributed by atoms with E-state index in [0.717, 1.165) is 12.8 Å². The van der Waals surface area contributed by atoms with Gasteiger partial charge in [0.1, 0.15) is 5.75 Å². The second kappa shape index (κ2) is 6.78. The summed E-state index contributed by atoms with van der Waals surface area (Å²) < 4.78 is 5.38. The van der Waals surface area contributed by atoms with Gasteiger partial charge in [-0.05, 0) is 30.5 Å². The van der Waals surface area contributed by atoms with Crippen molar-refractivity contribution in [3.63, 3.8) is 0 Å². The molecule has 0 atom stereocenters. The largest absolute Gasteiger partial charge is 0.482 e. The summed E-state index contributed by atoms with van der Waals surface area (Å²) in [5.41, 5.74) is 0.716. The standard InChI is InChI=1S/C14H18ClNO3/c15-12-7-10(8-17)5-6-13(12)19-9-14(18)16-11-3-1-2-4-11/h5-7,11,17H,1-4,8-9H2,(H,16,18). The van der Waals surface area contributed by atoms with E-state index in [9.17, 15) is 4.79 Å². The summed E-state index contributed by atoms with van der Waals surface area (Å²) in [4.78, 5) is 11.7. The number of ether oxygens (including phenoxy) is 1. The molecule has 1 fully saturated rings. The van der Waals surface area contributed by atoms with Gasteiger partial charge in [-0.25, -0.2) is 0 Å². The van der Waals surface area contributed by atoms with Gasteiger partial charge < -0.3 is 15.2 Å². The van der Waals surface area contributed by atoms with Gasteiger partial charge in [0, 0.05) is 6.04 Å². The molecule has 1 saturated carbocycles. The number of rotatable bonds is 5. The van der Waals surface area contributed by atoms with Crippen LogP contribution in [0.1, 0.15) is 31.2 Å². The minimum atomic E-state index is -0.116. The first-order valence-electron chi connectivity index (χ1n) is 6.50. The maximum absolute atomic E-state index is 11.7. The maximum atomic E-state index is 11.7. The van der Waals surface area contributed by atoms with Crippen molar-refractivity contribution in [3.8, 4) is 5.75 Å². The summed E-state index contributed by atoms with van der Waals surface area (Å²) in [5.74, 6) is 0.342. The summed E-state index contributed by atoms with van der Waals surface area (Å²) in [6.07, 6.45) is 4.47. The topological polar surface area (TPSA) is 58.6 Å². The third-order valence-electron chi connectivity index (χ3n) is 3.26. The Bertz CT molecular complexity index is 444. The molecule has 1 amide bonds. The van der Waals surface area contributed by atoms with Crippen molar-refractivity contribution in [2.24, 2.45) is 0 Å². The fourth-order valence-electron chi connectivity index (χ4n) is 2.24. The van der Waals surface area contributed by atoms with Crippen LogP contribution >= 0.6 is 11.6 Å². The molecule has 0 aliphatic heterocycles. The van der Waals surface area contributed by atoms with E-state index < -0.39 is 0 Å². The number of nitrogens with one attached hydrogen (secondary N) is 1. The van der Waals surface area contributed by atoms with Crippen molar-refractivity contribution in [2.45, 2.75) is 38.3 Å². The van der Waals surface area contributed by atoms with E-state index in [0.29, 0.717) is 22.4 Å². The first-order valence-corrected chi connectivity index (χ1v) is 6.88. The average molecular weight is 284 g/mol. The summed E-state index contributed by atoms with van der Waals surface area (Å²) in [5, 5.41) is 12.3. The van der Waals surface area contributed by atoms with Crippen molar-refractivity contribution in [1.29, 1.82) is 0 Å². The molecule has 2 rings (SSSR count). The van der Waals surface area contributed by atoms with Crippen LogP contribution in [0.2, 0.25) is 5.02 Å². The predicted octanol–water partition coefficient (Wildman–Crippen LogP) is 2.27. The van der Waals surface area contributed by atoms with Crippen LogP contribution in [0.4, 0.5) is 0 Å². The Kier molecular flexibility index (Phi) is 5.05. The van der Waals surface area contributed by atoms with Crippen LogP contribution < -0.4 is 10.1 Å². The minimum absolute atomic E-state index is 0.0330. The number of halogens is 1. The molecule has 0 bridgehead atoms. The van der Waals surface area contributed by atoms with E-state index in [1.54, 1.807) is 18.2 Å². The van der Waals surface area contributed by atoms with Crippen LogP contribution in [0.15, 0.2) is 18.2 Å². The van der Waals surface area contributed by atoms with E-state index in [1.165, 1.54) is 12.8 Å². The van der Waals surface area contributed by atoms with Crippen LogP contribution in [0, 0.1) is 0 Å². The molecule has 2 N–H and O–H groups in total. The van der Waals surface area contributed by atoms with Gasteiger partial charge in [0.15, 0.2) is 6.61 Å². The third kappa shape index (κ3) is 4.11. The van der Waals surface area contributed by atoms with Crippen LogP contribution in [-0.2, 0) is 11.4 Å². The van der Waals surface area contributed by atoms with Gasteiger partial charge in [0.2, 0.25) is 0 Å². The first kappa shape index (κ1) is 14.2. The number of amides is 1. The number of carbonyl (C=O) groups excluding carboxylic acids is 1.